The first-order valence-corrected chi connectivity index (χ1v) is 15.3. The standard InChI is InChI=1S/C33H29ClFN9/c34-25-11-14-36-28(17-25)32-38-30(40-41-32)24-12-15-43(16-13-24)18-20-1-3-22(4-2-20)29-27(21-7-9-26(35)10-8-21)19-44-33(37-29)39-31(42-44)23-5-6-23/h1-4,7-11,14,17,19,23-24H,5-6,12-13,15-16,18H2,(H,38,40,41). The predicted octanol–water partition coefficient (Wildman–Crippen LogP) is 6.69. The van der Waals surface area contributed by atoms with Crippen molar-refractivity contribution < 1.29 is 4.39 Å². The maximum Gasteiger partial charge on any atom is 0.253 e. The van der Waals surface area contributed by atoms with Crippen LogP contribution in [0.2, 0.25) is 5.02 Å². The SMILES string of the molecule is Fc1ccc(-c2cn3nc(C4CC4)nc3nc2-c2ccc(CN3CCC(c4nc(-c5cc(Cl)ccn5)n[nH]4)CC3)cc2)cc1. The summed E-state index contributed by atoms with van der Waals surface area (Å²) in [6, 6.07) is 18.6. The second kappa shape index (κ2) is 11.2. The van der Waals surface area contributed by atoms with Crippen molar-refractivity contribution in [2.45, 2.75) is 44.1 Å². The van der Waals surface area contributed by atoms with Crippen molar-refractivity contribution in [3.05, 3.63) is 101 Å². The smallest absolute Gasteiger partial charge is 0.253 e. The minimum atomic E-state index is -0.269. The van der Waals surface area contributed by atoms with E-state index in [1.54, 1.807) is 35.0 Å². The van der Waals surface area contributed by atoms with Gasteiger partial charge in [-0.1, -0.05) is 48.0 Å². The van der Waals surface area contributed by atoms with Crippen LogP contribution in [0.3, 0.4) is 0 Å². The summed E-state index contributed by atoms with van der Waals surface area (Å²) >= 11 is 6.11. The molecule has 4 aromatic heterocycles. The molecular weight excluding hydrogens is 577 g/mol. The Hall–Kier alpha value is -4.54. The van der Waals surface area contributed by atoms with Gasteiger partial charge in [0.25, 0.3) is 5.78 Å². The highest BCUT2D eigenvalue weighted by Crippen LogP contribution is 2.39. The van der Waals surface area contributed by atoms with Gasteiger partial charge in [0.05, 0.1) is 5.69 Å². The van der Waals surface area contributed by atoms with E-state index < -0.39 is 0 Å². The molecule has 0 spiro atoms. The molecule has 0 bridgehead atoms. The van der Waals surface area contributed by atoms with Crippen molar-refractivity contribution in [1.82, 2.24) is 44.6 Å². The molecule has 1 aliphatic carbocycles. The maximum absolute atomic E-state index is 13.7. The second-order valence-electron chi connectivity index (χ2n) is 11.6. The summed E-state index contributed by atoms with van der Waals surface area (Å²) in [5.41, 5.74) is 5.48. The van der Waals surface area contributed by atoms with Crippen LogP contribution in [0.25, 0.3) is 39.7 Å². The van der Waals surface area contributed by atoms with Crippen molar-refractivity contribution in [3.8, 4) is 33.9 Å². The van der Waals surface area contributed by atoms with E-state index in [0.717, 1.165) is 79.4 Å². The van der Waals surface area contributed by atoms with Gasteiger partial charge >= 0.3 is 0 Å². The summed E-state index contributed by atoms with van der Waals surface area (Å²) in [6.45, 7) is 2.81. The highest BCUT2D eigenvalue weighted by atomic mass is 35.5. The summed E-state index contributed by atoms with van der Waals surface area (Å²) in [7, 11) is 0. The highest BCUT2D eigenvalue weighted by Gasteiger charge is 2.29. The number of rotatable bonds is 7. The zero-order valence-corrected chi connectivity index (χ0v) is 24.6. The van der Waals surface area contributed by atoms with Gasteiger partial charge in [0, 0.05) is 46.9 Å². The number of halogens is 2. The minimum absolute atomic E-state index is 0.269. The Labute approximate surface area is 258 Å². The number of aromatic amines is 1. The zero-order chi connectivity index (χ0) is 29.6. The number of likely N-dealkylation sites (tertiary alicyclic amines) is 1. The van der Waals surface area contributed by atoms with E-state index in [1.165, 1.54) is 17.7 Å². The number of H-pyrrole nitrogens is 1. The molecule has 0 unspecified atom stereocenters. The van der Waals surface area contributed by atoms with E-state index in [2.05, 4.69) is 49.4 Å². The van der Waals surface area contributed by atoms with E-state index >= 15 is 0 Å². The summed E-state index contributed by atoms with van der Waals surface area (Å²) < 4.78 is 15.5. The zero-order valence-electron chi connectivity index (χ0n) is 23.9. The Morgan fingerprint density at radius 2 is 1.64 bits per heavy atom. The predicted molar refractivity (Wildman–Crippen MR) is 165 cm³/mol. The number of hydrogen-bond donors (Lipinski definition) is 1. The molecule has 2 fully saturated rings. The first-order chi connectivity index (χ1) is 21.6. The van der Waals surface area contributed by atoms with Crippen LogP contribution in [0.15, 0.2) is 73.1 Å². The average Bonchev–Trinajstić information content (AvgIpc) is 3.62. The number of fused-ring (bicyclic) bond motifs is 1. The fraction of sp³-hybridized carbons (Fsp3) is 0.273. The quantitative estimate of drug-likeness (QED) is 0.216. The lowest BCUT2D eigenvalue weighted by Gasteiger charge is -2.31. The molecular formula is C33H29ClFN9. The van der Waals surface area contributed by atoms with Crippen LogP contribution >= 0.6 is 11.6 Å². The van der Waals surface area contributed by atoms with Crippen LogP contribution in [0.1, 0.15) is 54.7 Å². The molecule has 0 atom stereocenters. The molecule has 6 aromatic rings. The third-order valence-corrected chi connectivity index (χ3v) is 8.74. The van der Waals surface area contributed by atoms with Crippen LogP contribution < -0.4 is 0 Å². The van der Waals surface area contributed by atoms with E-state index in [0.29, 0.717) is 34.2 Å². The monoisotopic (exact) mass is 605 g/mol. The van der Waals surface area contributed by atoms with E-state index in [9.17, 15) is 4.39 Å². The molecule has 8 rings (SSSR count). The fourth-order valence-electron chi connectivity index (χ4n) is 5.90. The van der Waals surface area contributed by atoms with Gasteiger partial charge in [0.2, 0.25) is 0 Å². The Balaban J connectivity index is 0.975. The second-order valence-corrected chi connectivity index (χ2v) is 12.1. The number of piperidine rings is 1. The summed E-state index contributed by atoms with van der Waals surface area (Å²) in [5, 5.41) is 12.8. The van der Waals surface area contributed by atoms with Gasteiger partial charge < -0.3 is 0 Å². The number of hydrogen-bond acceptors (Lipinski definition) is 7. The molecule has 1 saturated carbocycles. The molecule has 1 saturated heterocycles. The van der Waals surface area contributed by atoms with Crippen LogP contribution in [0.5, 0.6) is 0 Å². The van der Waals surface area contributed by atoms with Crippen LogP contribution in [0.4, 0.5) is 4.39 Å². The van der Waals surface area contributed by atoms with Crippen molar-refractivity contribution in [1.29, 1.82) is 0 Å². The number of nitrogens with one attached hydrogen (secondary N) is 1. The largest absolute Gasteiger partial charge is 0.299 e. The fourth-order valence-corrected chi connectivity index (χ4v) is 6.06. The van der Waals surface area contributed by atoms with E-state index in [-0.39, 0.29) is 5.82 Å². The number of nitrogens with zero attached hydrogens (tertiary/aromatic N) is 8. The molecule has 2 aliphatic rings. The molecule has 1 N–H and O–H groups in total. The van der Waals surface area contributed by atoms with E-state index in [1.807, 2.05) is 6.20 Å². The van der Waals surface area contributed by atoms with Gasteiger partial charge in [-0.15, -0.1) is 5.10 Å². The number of benzene rings is 2. The molecule has 11 heteroatoms. The van der Waals surface area contributed by atoms with Gasteiger partial charge in [-0.2, -0.15) is 10.1 Å². The summed E-state index contributed by atoms with van der Waals surface area (Å²) in [4.78, 5) is 21.2. The lowest BCUT2D eigenvalue weighted by molar-refractivity contribution is 0.202. The van der Waals surface area contributed by atoms with Crippen molar-refractivity contribution >= 4 is 17.4 Å². The van der Waals surface area contributed by atoms with Crippen LogP contribution in [-0.4, -0.2) is 57.7 Å². The maximum atomic E-state index is 13.7. The minimum Gasteiger partial charge on any atom is -0.299 e. The molecule has 1 aliphatic heterocycles. The van der Waals surface area contributed by atoms with Crippen LogP contribution in [-0.2, 0) is 6.54 Å². The normalized spacial score (nSPS) is 16.1. The van der Waals surface area contributed by atoms with Gasteiger partial charge in [-0.3, -0.25) is 15.0 Å². The van der Waals surface area contributed by atoms with Crippen molar-refractivity contribution in [2.75, 3.05) is 13.1 Å². The topological polar surface area (TPSA) is 101 Å². The Morgan fingerprint density at radius 1 is 0.864 bits per heavy atom. The highest BCUT2D eigenvalue weighted by molar-refractivity contribution is 6.30. The Kier molecular flexibility index (Phi) is 6.87. The molecule has 44 heavy (non-hydrogen) atoms. The molecule has 220 valence electrons. The van der Waals surface area contributed by atoms with Gasteiger partial charge in [-0.05, 0) is 74.2 Å². The summed E-state index contributed by atoms with van der Waals surface area (Å²) in [6.07, 6.45) is 7.88. The number of aromatic nitrogens is 8. The lowest BCUT2D eigenvalue weighted by Crippen LogP contribution is -2.32. The molecule has 0 radical (unpaired) electrons. The first kappa shape index (κ1) is 27.0. The van der Waals surface area contributed by atoms with E-state index in [4.69, 9.17) is 26.6 Å². The third kappa shape index (κ3) is 5.46. The van der Waals surface area contributed by atoms with Gasteiger partial charge in [-0.25, -0.2) is 18.9 Å². The lowest BCUT2D eigenvalue weighted by atomic mass is 9.95. The van der Waals surface area contributed by atoms with Gasteiger partial charge in [0.15, 0.2) is 11.6 Å². The van der Waals surface area contributed by atoms with Crippen molar-refractivity contribution in [3.63, 3.8) is 0 Å². The third-order valence-electron chi connectivity index (χ3n) is 8.51. The first-order valence-electron chi connectivity index (χ1n) is 14.9. The van der Waals surface area contributed by atoms with Crippen LogP contribution in [0, 0.1) is 5.82 Å². The van der Waals surface area contributed by atoms with Crippen molar-refractivity contribution in [2.24, 2.45) is 0 Å². The Bertz CT molecular complexity index is 1940. The number of pyridine rings is 1. The molecule has 9 nitrogen and oxygen atoms in total. The summed E-state index contributed by atoms with van der Waals surface area (Å²) in [5.74, 6) is 3.41. The molecule has 2 aromatic carbocycles. The Morgan fingerprint density at radius 3 is 2.39 bits per heavy atom. The molecule has 5 heterocycles. The average molecular weight is 606 g/mol. The molecule has 0 amide bonds. The van der Waals surface area contributed by atoms with Gasteiger partial charge in [0.1, 0.15) is 17.3 Å².